The third kappa shape index (κ3) is 2.19. The van der Waals surface area contributed by atoms with E-state index in [2.05, 4.69) is 15.3 Å². The molecule has 1 heterocycles. The van der Waals surface area contributed by atoms with E-state index >= 15 is 0 Å². The van der Waals surface area contributed by atoms with Crippen LogP contribution in [0.15, 0.2) is 24.5 Å². The first-order valence-electron chi connectivity index (χ1n) is 4.77. The highest BCUT2D eigenvalue weighted by Crippen LogP contribution is 2.31. The molecule has 2 aromatic rings. The minimum absolute atomic E-state index is 0.0643. The van der Waals surface area contributed by atoms with E-state index in [0.717, 1.165) is 6.07 Å². The summed E-state index contributed by atoms with van der Waals surface area (Å²) in [5.74, 6) is -1.48. The van der Waals surface area contributed by atoms with Gasteiger partial charge in [-0.25, -0.2) is 18.7 Å². The van der Waals surface area contributed by atoms with Crippen LogP contribution in [0.4, 0.5) is 14.6 Å². The molecule has 0 aliphatic heterocycles. The lowest BCUT2D eigenvalue weighted by atomic mass is 10.1. The van der Waals surface area contributed by atoms with Crippen LogP contribution in [-0.2, 0) is 0 Å². The minimum Gasteiger partial charge on any atom is -0.373 e. The van der Waals surface area contributed by atoms with Crippen LogP contribution in [0.25, 0.3) is 11.3 Å². The van der Waals surface area contributed by atoms with E-state index in [9.17, 15) is 8.78 Å². The standard InChI is InChI=1S/C11H8ClF2N3/c1-15-9-4-8(16-5-17-9)10-6(12)2-3-7(13)11(10)14/h2-5H,1H3,(H,15,16,17). The molecule has 0 bridgehead atoms. The fourth-order valence-corrected chi connectivity index (χ4v) is 1.64. The maximum Gasteiger partial charge on any atom is 0.169 e. The van der Waals surface area contributed by atoms with Gasteiger partial charge in [-0.2, -0.15) is 0 Å². The van der Waals surface area contributed by atoms with Crippen molar-refractivity contribution in [3.8, 4) is 11.3 Å². The van der Waals surface area contributed by atoms with Crippen LogP contribution in [-0.4, -0.2) is 17.0 Å². The summed E-state index contributed by atoms with van der Waals surface area (Å²) >= 11 is 5.84. The SMILES string of the molecule is CNc1cc(-c2c(Cl)ccc(F)c2F)ncn1. The molecule has 3 nitrogen and oxygen atoms in total. The predicted molar refractivity (Wildman–Crippen MR) is 61.9 cm³/mol. The maximum absolute atomic E-state index is 13.6. The Bertz CT molecular complexity index is 560. The first-order chi connectivity index (χ1) is 8.13. The Labute approximate surface area is 101 Å². The van der Waals surface area contributed by atoms with Crippen LogP contribution < -0.4 is 5.32 Å². The van der Waals surface area contributed by atoms with Crippen LogP contribution in [0.2, 0.25) is 5.02 Å². The second-order valence-electron chi connectivity index (χ2n) is 3.26. The van der Waals surface area contributed by atoms with Crippen LogP contribution >= 0.6 is 11.6 Å². The van der Waals surface area contributed by atoms with E-state index in [-0.39, 0.29) is 16.3 Å². The second kappa shape index (κ2) is 4.63. The maximum atomic E-state index is 13.6. The Kier molecular flexibility index (Phi) is 3.19. The van der Waals surface area contributed by atoms with Gasteiger partial charge in [0.1, 0.15) is 12.1 Å². The molecule has 0 amide bonds. The number of benzene rings is 1. The lowest BCUT2D eigenvalue weighted by Crippen LogP contribution is -1.97. The largest absolute Gasteiger partial charge is 0.373 e. The Morgan fingerprint density at radius 3 is 2.71 bits per heavy atom. The third-order valence-corrected chi connectivity index (χ3v) is 2.54. The normalized spacial score (nSPS) is 10.4. The van der Waals surface area contributed by atoms with Crippen molar-refractivity contribution in [2.45, 2.75) is 0 Å². The van der Waals surface area contributed by atoms with E-state index in [4.69, 9.17) is 11.6 Å². The molecule has 0 aliphatic carbocycles. The molecule has 1 aromatic heterocycles. The summed E-state index contributed by atoms with van der Waals surface area (Å²) in [6.07, 6.45) is 1.25. The van der Waals surface area contributed by atoms with E-state index < -0.39 is 11.6 Å². The Balaban J connectivity index is 2.63. The highest BCUT2D eigenvalue weighted by Gasteiger charge is 2.15. The molecule has 88 valence electrons. The van der Waals surface area contributed by atoms with Crippen molar-refractivity contribution in [1.82, 2.24) is 9.97 Å². The Morgan fingerprint density at radius 1 is 1.24 bits per heavy atom. The zero-order valence-corrected chi connectivity index (χ0v) is 9.59. The number of anilines is 1. The number of nitrogens with one attached hydrogen (secondary N) is 1. The third-order valence-electron chi connectivity index (χ3n) is 2.22. The smallest absolute Gasteiger partial charge is 0.169 e. The van der Waals surface area contributed by atoms with Crippen LogP contribution in [0.5, 0.6) is 0 Å². The van der Waals surface area contributed by atoms with E-state index in [1.807, 2.05) is 0 Å². The van der Waals surface area contributed by atoms with Crippen molar-refractivity contribution in [3.05, 3.63) is 41.2 Å². The summed E-state index contributed by atoms with van der Waals surface area (Å²) in [4.78, 5) is 7.76. The molecule has 0 spiro atoms. The fourth-order valence-electron chi connectivity index (χ4n) is 1.39. The molecule has 0 aliphatic rings. The zero-order valence-electron chi connectivity index (χ0n) is 8.84. The van der Waals surface area contributed by atoms with Crippen molar-refractivity contribution < 1.29 is 8.78 Å². The number of hydrogen-bond acceptors (Lipinski definition) is 3. The van der Waals surface area contributed by atoms with Gasteiger partial charge >= 0.3 is 0 Å². The highest BCUT2D eigenvalue weighted by atomic mass is 35.5. The van der Waals surface area contributed by atoms with Crippen molar-refractivity contribution >= 4 is 17.4 Å². The fraction of sp³-hybridized carbons (Fsp3) is 0.0909. The minimum atomic E-state index is -1.02. The molecule has 2 rings (SSSR count). The molecule has 17 heavy (non-hydrogen) atoms. The van der Waals surface area contributed by atoms with Gasteiger partial charge in [-0.05, 0) is 12.1 Å². The van der Waals surface area contributed by atoms with Gasteiger partial charge in [-0.15, -0.1) is 0 Å². The van der Waals surface area contributed by atoms with Crippen molar-refractivity contribution in [1.29, 1.82) is 0 Å². The van der Waals surface area contributed by atoms with E-state index in [1.54, 1.807) is 7.05 Å². The average Bonchev–Trinajstić information content (AvgIpc) is 2.35. The Hall–Kier alpha value is -1.75. The molecule has 0 radical (unpaired) electrons. The van der Waals surface area contributed by atoms with Crippen LogP contribution in [0.1, 0.15) is 0 Å². The zero-order chi connectivity index (χ0) is 12.4. The number of halogens is 3. The molecule has 0 saturated heterocycles. The molecule has 1 aromatic carbocycles. The number of aromatic nitrogens is 2. The number of nitrogens with zero attached hydrogens (tertiary/aromatic N) is 2. The van der Waals surface area contributed by atoms with Gasteiger partial charge in [0.15, 0.2) is 11.6 Å². The molecule has 1 N–H and O–H groups in total. The van der Waals surface area contributed by atoms with Gasteiger partial charge < -0.3 is 5.32 Å². The van der Waals surface area contributed by atoms with Gasteiger partial charge in [0.05, 0.1) is 16.3 Å². The number of rotatable bonds is 2. The van der Waals surface area contributed by atoms with Crippen LogP contribution in [0.3, 0.4) is 0 Å². The molecule has 0 unspecified atom stereocenters. The summed E-state index contributed by atoms with van der Waals surface area (Å²) in [6, 6.07) is 3.75. The average molecular weight is 256 g/mol. The Morgan fingerprint density at radius 2 is 2.00 bits per heavy atom. The summed E-state index contributed by atoms with van der Waals surface area (Å²) in [7, 11) is 1.66. The monoisotopic (exact) mass is 255 g/mol. The van der Waals surface area contributed by atoms with Crippen LogP contribution in [0, 0.1) is 11.6 Å². The molecule has 0 atom stereocenters. The summed E-state index contributed by atoms with van der Waals surface area (Å²) in [5.41, 5.74) is 0.164. The molecule has 0 fully saturated rings. The molecule has 0 saturated carbocycles. The molecular formula is C11H8ClF2N3. The van der Waals surface area contributed by atoms with Gasteiger partial charge in [0, 0.05) is 13.1 Å². The summed E-state index contributed by atoms with van der Waals surface area (Å²) in [6.45, 7) is 0. The van der Waals surface area contributed by atoms with E-state index in [0.29, 0.717) is 5.82 Å². The van der Waals surface area contributed by atoms with Gasteiger partial charge in [0.2, 0.25) is 0 Å². The first-order valence-corrected chi connectivity index (χ1v) is 5.15. The first kappa shape index (κ1) is 11.7. The summed E-state index contributed by atoms with van der Waals surface area (Å²) < 4.78 is 26.8. The van der Waals surface area contributed by atoms with Gasteiger partial charge in [-0.1, -0.05) is 11.6 Å². The second-order valence-corrected chi connectivity index (χ2v) is 3.66. The lowest BCUT2D eigenvalue weighted by molar-refractivity contribution is 0.511. The van der Waals surface area contributed by atoms with E-state index in [1.165, 1.54) is 18.5 Å². The van der Waals surface area contributed by atoms with Gasteiger partial charge in [-0.3, -0.25) is 0 Å². The number of hydrogen-bond donors (Lipinski definition) is 1. The summed E-state index contributed by atoms with van der Waals surface area (Å²) in [5, 5.41) is 2.88. The highest BCUT2D eigenvalue weighted by molar-refractivity contribution is 6.33. The van der Waals surface area contributed by atoms with Crippen molar-refractivity contribution in [2.75, 3.05) is 12.4 Å². The molecule has 6 heteroatoms. The topological polar surface area (TPSA) is 37.8 Å². The predicted octanol–water partition coefficient (Wildman–Crippen LogP) is 3.12. The quantitative estimate of drug-likeness (QED) is 0.838. The molecular weight excluding hydrogens is 248 g/mol. The van der Waals surface area contributed by atoms with Crippen molar-refractivity contribution in [2.24, 2.45) is 0 Å². The lowest BCUT2D eigenvalue weighted by Gasteiger charge is -2.07. The van der Waals surface area contributed by atoms with Gasteiger partial charge in [0.25, 0.3) is 0 Å². The van der Waals surface area contributed by atoms with Crippen molar-refractivity contribution in [3.63, 3.8) is 0 Å².